The Kier molecular flexibility index (Phi) is 5.26. The van der Waals surface area contributed by atoms with E-state index in [-0.39, 0.29) is 31.1 Å². The number of carbonyl (C=O) groups is 2. The standard InChI is InChI=1S/C17H16BrCl2N3O4/c1-3-27-12(24)7-23-11-5-4-9(18)6-10(11)13(14(23)25)21-22-15(26)16(2)8-17(16,19)20/h4-6,25H,3,7-8H2,1-2H3. The smallest absolute Gasteiger partial charge is 0.326 e. The van der Waals surface area contributed by atoms with E-state index < -0.39 is 21.6 Å². The van der Waals surface area contributed by atoms with E-state index in [0.717, 1.165) is 4.47 Å². The zero-order chi connectivity index (χ0) is 20.0. The maximum atomic E-state index is 12.3. The van der Waals surface area contributed by atoms with Crippen LogP contribution in [0.3, 0.4) is 0 Å². The number of aromatic hydroxyl groups is 1. The van der Waals surface area contributed by atoms with Crippen LogP contribution in [-0.2, 0) is 20.9 Å². The molecule has 1 aliphatic rings. The first-order valence-corrected chi connectivity index (χ1v) is 9.66. The Balaban J connectivity index is 2.01. The van der Waals surface area contributed by atoms with Gasteiger partial charge in [0, 0.05) is 9.86 Å². The Hall–Kier alpha value is -1.64. The lowest BCUT2D eigenvalue weighted by Gasteiger charge is -2.06. The number of halogens is 3. The number of aromatic nitrogens is 1. The molecule has 10 heteroatoms. The fourth-order valence-corrected chi connectivity index (χ4v) is 3.79. The number of carbonyl (C=O) groups excluding carboxylic acids is 2. The van der Waals surface area contributed by atoms with Crippen molar-refractivity contribution >= 4 is 67.6 Å². The Morgan fingerprint density at radius 1 is 1.41 bits per heavy atom. The lowest BCUT2D eigenvalue weighted by molar-refractivity contribution is -0.143. The monoisotopic (exact) mass is 475 g/mol. The number of azo groups is 1. The lowest BCUT2D eigenvalue weighted by atomic mass is 10.1. The van der Waals surface area contributed by atoms with Crippen molar-refractivity contribution in [3.05, 3.63) is 22.7 Å². The van der Waals surface area contributed by atoms with Gasteiger partial charge in [0.1, 0.15) is 10.9 Å². The molecular formula is C17H16BrCl2N3O4. The Bertz CT molecular complexity index is 973. The predicted octanol–water partition coefficient (Wildman–Crippen LogP) is 4.87. The molecule has 3 rings (SSSR count). The molecule has 0 saturated heterocycles. The quantitative estimate of drug-likeness (QED) is 0.378. The van der Waals surface area contributed by atoms with Crippen molar-refractivity contribution in [1.82, 2.24) is 4.57 Å². The second-order valence-electron chi connectivity index (χ2n) is 6.44. The fraction of sp³-hybridized carbons (Fsp3) is 0.412. The van der Waals surface area contributed by atoms with Gasteiger partial charge in [0.25, 0.3) is 5.91 Å². The Labute approximate surface area is 173 Å². The summed E-state index contributed by atoms with van der Waals surface area (Å²) in [4.78, 5) is 24.2. The molecule has 1 aliphatic carbocycles. The topological polar surface area (TPSA) is 93.2 Å². The average molecular weight is 477 g/mol. The van der Waals surface area contributed by atoms with E-state index in [9.17, 15) is 14.7 Å². The third kappa shape index (κ3) is 3.58. The van der Waals surface area contributed by atoms with Gasteiger partial charge in [-0.2, -0.15) is 0 Å². The molecule has 1 atom stereocenters. The van der Waals surface area contributed by atoms with Gasteiger partial charge in [-0.3, -0.25) is 14.2 Å². The van der Waals surface area contributed by atoms with Crippen LogP contribution in [0.5, 0.6) is 5.88 Å². The Morgan fingerprint density at radius 3 is 2.67 bits per heavy atom. The van der Waals surface area contributed by atoms with Gasteiger partial charge in [-0.25, -0.2) is 0 Å². The maximum absolute atomic E-state index is 12.3. The number of esters is 1. The van der Waals surface area contributed by atoms with Gasteiger partial charge in [0.15, 0.2) is 5.69 Å². The van der Waals surface area contributed by atoms with Gasteiger partial charge in [-0.15, -0.1) is 33.4 Å². The second-order valence-corrected chi connectivity index (χ2v) is 8.84. The SMILES string of the molecule is CCOC(=O)Cn1c(O)c(N=NC(=O)C2(C)CC2(Cl)Cl)c2cc(Br)ccc21. The van der Waals surface area contributed by atoms with Crippen molar-refractivity contribution in [2.24, 2.45) is 15.6 Å². The van der Waals surface area contributed by atoms with E-state index in [0.29, 0.717) is 10.9 Å². The summed E-state index contributed by atoms with van der Waals surface area (Å²) < 4.78 is 5.87. The molecule has 27 heavy (non-hydrogen) atoms. The normalized spacial score (nSPS) is 20.9. The summed E-state index contributed by atoms with van der Waals surface area (Å²) in [6.07, 6.45) is 0.281. The van der Waals surface area contributed by atoms with Crippen LogP contribution in [0.25, 0.3) is 10.9 Å². The molecule has 1 amide bonds. The van der Waals surface area contributed by atoms with E-state index in [1.807, 2.05) is 0 Å². The minimum absolute atomic E-state index is 0.0722. The highest BCUT2D eigenvalue weighted by molar-refractivity contribution is 9.10. The van der Waals surface area contributed by atoms with Crippen LogP contribution in [0.4, 0.5) is 5.69 Å². The predicted molar refractivity (Wildman–Crippen MR) is 105 cm³/mol. The average Bonchev–Trinajstić information content (AvgIpc) is 3.01. The molecule has 1 heterocycles. The molecule has 1 saturated carbocycles. The van der Waals surface area contributed by atoms with Crippen LogP contribution < -0.4 is 0 Å². The number of hydrogen-bond acceptors (Lipinski definition) is 5. The third-order valence-corrected chi connectivity index (χ3v) is 6.13. The van der Waals surface area contributed by atoms with Gasteiger partial charge in [-0.05, 0) is 38.5 Å². The molecule has 0 aliphatic heterocycles. The summed E-state index contributed by atoms with van der Waals surface area (Å²) in [7, 11) is 0. The van der Waals surface area contributed by atoms with Crippen LogP contribution in [0, 0.1) is 5.41 Å². The first-order valence-electron chi connectivity index (χ1n) is 8.11. The summed E-state index contributed by atoms with van der Waals surface area (Å²) in [5, 5.41) is 18.7. The van der Waals surface area contributed by atoms with Gasteiger partial charge in [0.05, 0.1) is 17.5 Å². The molecule has 1 unspecified atom stereocenters. The van der Waals surface area contributed by atoms with E-state index in [1.165, 1.54) is 4.57 Å². The zero-order valence-corrected chi connectivity index (χ0v) is 17.6. The number of fused-ring (bicyclic) bond motifs is 1. The summed E-state index contributed by atoms with van der Waals surface area (Å²) in [6.45, 7) is 3.32. The molecule has 0 bridgehead atoms. The van der Waals surface area contributed by atoms with E-state index in [1.54, 1.807) is 32.0 Å². The summed E-state index contributed by atoms with van der Waals surface area (Å²) in [5.41, 5.74) is -0.381. The fourth-order valence-electron chi connectivity index (χ4n) is 2.73. The molecule has 0 spiro atoms. The molecule has 1 aromatic heterocycles. The lowest BCUT2D eigenvalue weighted by Crippen LogP contribution is -2.15. The van der Waals surface area contributed by atoms with Crippen LogP contribution in [0.2, 0.25) is 0 Å². The summed E-state index contributed by atoms with van der Waals surface area (Å²) >= 11 is 15.3. The van der Waals surface area contributed by atoms with Gasteiger partial charge >= 0.3 is 5.97 Å². The highest BCUT2D eigenvalue weighted by Gasteiger charge is 2.68. The van der Waals surface area contributed by atoms with Crippen molar-refractivity contribution in [3.63, 3.8) is 0 Å². The maximum Gasteiger partial charge on any atom is 0.326 e. The number of hydrogen-bond donors (Lipinski definition) is 1. The number of alkyl halides is 2. The molecular weight excluding hydrogens is 461 g/mol. The van der Waals surface area contributed by atoms with Crippen molar-refractivity contribution in [2.45, 2.75) is 31.1 Å². The highest BCUT2D eigenvalue weighted by atomic mass is 79.9. The van der Waals surface area contributed by atoms with Gasteiger partial charge in [0.2, 0.25) is 5.88 Å². The van der Waals surface area contributed by atoms with Crippen molar-refractivity contribution in [3.8, 4) is 5.88 Å². The van der Waals surface area contributed by atoms with Crippen LogP contribution in [0.1, 0.15) is 20.3 Å². The Morgan fingerprint density at radius 2 is 2.07 bits per heavy atom. The first kappa shape index (κ1) is 20.1. The number of benzene rings is 1. The van der Waals surface area contributed by atoms with Gasteiger partial charge in [-0.1, -0.05) is 15.9 Å². The molecule has 1 N–H and O–H groups in total. The molecule has 7 nitrogen and oxygen atoms in total. The van der Waals surface area contributed by atoms with Crippen LogP contribution >= 0.6 is 39.1 Å². The number of ether oxygens (including phenoxy) is 1. The zero-order valence-electron chi connectivity index (χ0n) is 14.5. The minimum atomic E-state index is -1.16. The highest BCUT2D eigenvalue weighted by Crippen LogP contribution is 2.64. The minimum Gasteiger partial charge on any atom is -0.493 e. The largest absolute Gasteiger partial charge is 0.493 e. The first-order chi connectivity index (χ1) is 12.6. The molecule has 1 aromatic carbocycles. The number of rotatable bonds is 5. The second kappa shape index (κ2) is 7.07. The van der Waals surface area contributed by atoms with Crippen molar-refractivity contribution < 1.29 is 19.4 Å². The third-order valence-electron chi connectivity index (χ3n) is 4.54. The summed E-state index contributed by atoms with van der Waals surface area (Å²) in [5.74, 6) is -1.38. The summed E-state index contributed by atoms with van der Waals surface area (Å²) in [6, 6.07) is 5.18. The van der Waals surface area contributed by atoms with E-state index in [4.69, 9.17) is 27.9 Å². The molecule has 2 aromatic rings. The van der Waals surface area contributed by atoms with Crippen LogP contribution in [0.15, 0.2) is 32.9 Å². The van der Waals surface area contributed by atoms with E-state index >= 15 is 0 Å². The molecule has 0 radical (unpaired) electrons. The molecule has 1 fully saturated rings. The van der Waals surface area contributed by atoms with E-state index in [2.05, 4.69) is 26.2 Å². The van der Waals surface area contributed by atoms with Gasteiger partial charge < -0.3 is 9.84 Å². The number of nitrogens with zero attached hydrogens (tertiary/aromatic N) is 3. The van der Waals surface area contributed by atoms with Crippen molar-refractivity contribution in [2.75, 3.05) is 6.61 Å². The molecule has 144 valence electrons. The number of amides is 1. The van der Waals surface area contributed by atoms with Crippen LogP contribution in [-0.4, -0.2) is 32.5 Å². The van der Waals surface area contributed by atoms with Crippen molar-refractivity contribution in [1.29, 1.82) is 0 Å².